The fourth-order valence-electron chi connectivity index (χ4n) is 4.33. The van der Waals surface area contributed by atoms with Gasteiger partial charge in [0.2, 0.25) is 11.8 Å². The quantitative estimate of drug-likeness (QED) is 0.357. The van der Waals surface area contributed by atoms with Crippen molar-refractivity contribution in [3.63, 3.8) is 0 Å². The molecule has 1 saturated heterocycles. The molecule has 0 radical (unpaired) electrons. The average molecular weight is 596 g/mol. The van der Waals surface area contributed by atoms with E-state index >= 15 is 0 Å². The summed E-state index contributed by atoms with van der Waals surface area (Å²) in [4.78, 5) is 42.9. The molecule has 1 fully saturated rings. The Balaban J connectivity index is 1.55. The van der Waals surface area contributed by atoms with E-state index in [1.807, 2.05) is 0 Å². The lowest BCUT2D eigenvalue weighted by atomic mass is 9.85. The fraction of sp³-hybridized carbons (Fsp3) is 0.333. The normalized spacial score (nSPS) is 20.3. The summed E-state index contributed by atoms with van der Waals surface area (Å²) in [6.45, 7) is -1.77. The van der Waals surface area contributed by atoms with Gasteiger partial charge in [-0.3, -0.25) is 19.3 Å². The second-order valence-corrected chi connectivity index (χ2v) is 9.84. The number of nitrogens with zero attached hydrogens (tertiary/aromatic N) is 3. The highest BCUT2D eigenvalue weighted by atomic mass is 35.5. The van der Waals surface area contributed by atoms with Crippen LogP contribution < -0.4 is 0 Å². The van der Waals surface area contributed by atoms with E-state index in [0.29, 0.717) is 5.56 Å². The van der Waals surface area contributed by atoms with Crippen LogP contribution in [0.5, 0.6) is 0 Å². The Bertz CT molecular complexity index is 1360. The number of piperazine rings is 1. The Labute approximate surface area is 226 Å². The van der Waals surface area contributed by atoms with Crippen molar-refractivity contribution in [1.82, 2.24) is 9.80 Å². The lowest BCUT2D eigenvalue weighted by Crippen LogP contribution is -2.57. The van der Waals surface area contributed by atoms with E-state index in [1.54, 1.807) is 0 Å². The molecule has 15 heteroatoms. The molecular formula is C24H17Cl2F6N3O4. The van der Waals surface area contributed by atoms with E-state index in [9.17, 15) is 40.7 Å². The van der Waals surface area contributed by atoms with E-state index < -0.39 is 61.7 Å². The first kappa shape index (κ1) is 28.7. The summed E-state index contributed by atoms with van der Waals surface area (Å²) in [7, 11) is 0. The first-order chi connectivity index (χ1) is 18.0. The van der Waals surface area contributed by atoms with Gasteiger partial charge in [0.25, 0.3) is 11.5 Å². The van der Waals surface area contributed by atoms with Crippen molar-refractivity contribution in [2.45, 2.75) is 31.3 Å². The SMILES string of the molecule is Cc1cc(C(=O)N2CC(=O)N(CC(F)(F)F)C(=O)C2)ccc1C1=NOC(c2cc(Cl)cc(Cl)c2)(C(F)(F)F)C1. The van der Waals surface area contributed by atoms with Crippen molar-refractivity contribution in [3.05, 3.63) is 68.7 Å². The first-order valence-electron chi connectivity index (χ1n) is 11.1. The second-order valence-electron chi connectivity index (χ2n) is 8.97. The van der Waals surface area contributed by atoms with Crippen LogP contribution in [0, 0.1) is 6.92 Å². The highest BCUT2D eigenvalue weighted by Gasteiger charge is 2.62. The van der Waals surface area contributed by atoms with Crippen LogP contribution in [-0.2, 0) is 20.0 Å². The zero-order chi connectivity index (χ0) is 28.9. The van der Waals surface area contributed by atoms with Gasteiger partial charge in [-0.2, -0.15) is 26.3 Å². The minimum absolute atomic E-state index is 0.0339. The zero-order valence-corrected chi connectivity index (χ0v) is 21.3. The van der Waals surface area contributed by atoms with Crippen LogP contribution in [-0.4, -0.2) is 65.2 Å². The smallest absolute Gasteiger partial charge is 0.374 e. The van der Waals surface area contributed by atoms with Gasteiger partial charge < -0.3 is 9.74 Å². The molecule has 4 rings (SSSR count). The Morgan fingerprint density at radius 3 is 2.10 bits per heavy atom. The molecule has 208 valence electrons. The number of carbonyl (C=O) groups is 3. The maximum absolute atomic E-state index is 14.3. The summed E-state index contributed by atoms with van der Waals surface area (Å²) in [5.41, 5.74) is -2.79. The van der Waals surface area contributed by atoms with Crippen LogP contribution >= 0.6 is 23.2 Å². The van der Waals surface area contributed by atoms with Crippen LogP contribution in [0.1, 0.15) is 33.5 Å². The van der Waals surface area contributed by atoms with Gasteiger partial charge in [0.15, 0.2) is 0 Å². The van der Waals surface area contributed by atoms with Gasteiger partial charge in [0.1, 0.15) is 19.6 Å². The molecule has 7 nitrogen and oxygen atoms in total. The Kier molecular flexibility index (Phi) is 7.36. The molecule has 2 aromatic rings. The predicted octanol–water partition coefficient (Wildman–Crippen LogP) is 5.26. The zero-order valence-electron chi connectivity index (χ0n) is 19.8. The molecule has 1 atom stereocenters. The summed E-state index contributed by atoms with van der Waals surface area (Å²) in [6, 6.07) is 7.29. The van der Waals surface area contributed by atoms with E-state index in [0.717, 1.165) is 17.0 Å². The number of hydrogen-bond donors (Lipinski definition) is 0. The van der Waals surface area contributed by atoms with Crippen LogP contribution in [0.2, 0.25) is 10.0 Å². The van der Waals surface area contributed by atoms with Crippen molar-refractivity contribution in [2.24, 2.45) is 5.16 Å². The van der Waals surface area contributed by atoms with Gasteiger partial charge in [-0.05, 0) is 42.8 Å². The van der Waals surface area contributed by atoms with Crippen LogP contribution in [0.15, 0.2) is 41.6 Å². The summed E-state index contributed by atoms with van der Waals surface area (Å²) >= 11 is 11.8. The van der Waals surface area contributed by atoms with Gasteiger partial charge in [-0.1, -0.05) is 34.4 Å². The molecule has 3 amide bonds. The number of hydrogen-bond acceptors (Lipinski definition) is 5. The monoisotopic (exact) mass is 595 g/mol. The minimum atomic E-state index is -4.91. The van der Waals surface area contributed by atoms with E-state index in [-0.39, 0.29) is 37.3 Å². The van der Waals surface area contributed by atoms with E-state index in [1.165, 1.54) is 31.2 Å². The first-order valence-corrected chi connectivity index (χ1v) is 11.8. The molecule has 39 heavy (non-hydrogen) atoms. The van der Waals surface area contributed by atoms with Crippen molar-refractivity contribution in [3.8, 4) is 0 Å². The molecular weight excluding hydrogens is 579 g/mol. The van der Waals surface area contributed by atoms with E-state index in [2.05, 4.69) is 5.16 Å². The number of amides is 3. The number of halogens is 8. The highest BCUT2D eigenvalue weighted by Crippen LogP contribution is 2.50. The third kappa shape index (κ3) is 5.69. The molecule has 0 N–H and O–H groups in total. The van der Waals surface area contributed by atoms with Gasteiger partial charge in [-0.15, -0.1) is 0 Å². The molecule has 2 aliphatic heterocycles. The molecule has 2 heterocycles. The van der Waals surface area contributed by atoms with Gasteiger partial charge >= 0.3 is 12.4 Å². The molecule has 2 aromatic carbocycles. The van der Waals surface area contributed by atoms with Gasteiger partial charge in [0, 0.05) is 33.2 Å². The lowest BCUT2D eigenvalue weighted by Gasteiger charge is -2.33. The van der Waals surface area contributed by atoms with Crippen LogP contribution in [0.4, 0.5) is 26.3 Å². The number of oxime groups is 1. The standard InChI is InChI=1S/C24H17Cl2F6N3O4/c1-12-4-13(21(38)34-9-19(36)35(20(37)10-34)11-23(27,28)29)2-3-17(12)18-8-22(39-33-18,24(30,31)32)14-5-15(25)7-16(26)6-14/h2-7H,8-11H2,1H3. The van der Waals surface area contributed by atoms with Crippen molar-refractivity contribution >= 4 is 46.6 Å². The predicted molar refractivity (Wildman–Crippen MR) is 126 cm³/mol. The molecule has 0 bridgehead atoms. The number of rotatable bonds is 4. The Morgan fingerprint density at radius 1 is 1.00 bits per heavy atom. The topological polar surface area (TPSA) is 79.3 Å². The van der Waals surface area contributed by atoms with E-state index in [4.69, 9.17) is 28.0 Å². The summed E-state index contributed by atoms with van der Waals surface area (Å²) in [6.07, 6.45) is -10.4. The summed E-state index contributed by atoms with van der Waals surface area (Å²) in [5.74, 6) is -3.19. The highest BCUT2D eigenvalue weighted by molar-refractivity contribution is 6.34. The van der Waals surface area contributed by atoms with Gasteiger partial charge in [0.05, 0.1) is 5.71 Å². The summed E-state index contributed by atoms with van der Waals surface area (Å²) < 4.78 is 80.7. The lowest BCUT2D eigenvalue weighted by molar-refractivity contribution is -0.275. The van der Waals surface area contributed by atoms with Crippen LogP contribution in [0.3, 0.4) is 0 Å². The fourth-order valence-corrected chi connectivity index (χ4v) is 4.86. The third-order valence-electron chi connectivity index (χ3n) is 6.18. The summed E-state index contributed by atoms with van der Waals surface area (Å²) in [5, 5.41) is 3.60. The number of alkyl halides is 6. The molecule has 0 aliphatic carbocycles. The van der Waals surface area contributed by atoms with Crippen molar-refractivity contribution in [2.75, 3.05) is 19.6 Å². The van der Waals surface area contributed by atoms with Gasteiger partial charge in [-0.25, -0.2) is 0 Å². The minimum Gasteiger partial charge on any atom is -0.374 e. The molecule has 2 aliphatic rings. The molecule has 0 aromatic heterocycles. The number of benzene rings is 2. The van der Waals surface area contributed by atoms with Crippen LogP contribution in [0.25, 0.3) is 0 Å². The molecule has 0 spiro atoms. The maximum atomic E-state index is 14.3. The molecule has 0 saturated carbocycles. The second kappa shape index (κ2) is 10.0. The van der Waals surface area contributed by atoms with Crippen molar-refractivity contribution < 1.29 is 45.6 Å². The average Bonchev–Trinajstić information content (AvgIpc) is 3.26. The number of imide groups is 1. The molecule has 1 unspecified atom stereocenters. The Morgan fingerprint density at radius 2 is 1.59 bits per heavy atom. The van der Waals surface area contributed by atoms with Crippen molar-refractivity contribution in [1.29, 1.82) is 0 Å². The largest absolute Gasteiger partial charge is 0.435 e. The Hall–Kier alpha value is -3.32. The number of carbonyl (C=O) groups excluding carboxylic acids is 3. The number of aryl methyl sites for hydroxylation is 1. The maximum Gasteiger partial charge on any atom is 0.435 e. The third-order valence-corrected chi connectivity index (χ3v) is 6.61.